The minimum atomic E-state index is -0.138. The molecule has 0 aromatic carbocycles. The molecule has 0 bridgehead atoms. The van der Waals surface area contributed by atoms with Gasteiger partial charge in [-0.1, -0.05) is 22.9 Å². The van der Waals surface area contributed by atoms with Gasteiger partial charge >= 0.3 is 5.97 Å². The summed E-state index contributed by atoms with van der Waals surface area (Å²) in [5, 5.41) is 0. The Bertz CT molecular complexity index is 91.1. The molecule has 0 radical (unpaired) electrons. The van der Waals surface area contributed by atoms with Crippen LogP contribution in [0.3, 0.4) is 0 Å². The molecule has 3 heteroatoms. The van der Waals surface area contributed by atoms with Gasteiger partial charge in [0.2, 0.25) is 0 Å². The highest BCUT2D eigenvalue weighted by molar-refractivity contribution is 9.09. The van der Waals surface area contributed by atoms with Crippen LogP contribution in [0.25, 0.3) is 0 Å². The fourth-order valence-corrected chi connectivity index (χ4v) is 0.442. The summed E-state index contributed by atoms with van der Waals surface area (Å²) >= 11 is 3.25. The highest BCUT2D eigenvalue weighted by Crippen LogP contribution is 1.97. The molecule has 0 aliphatic carbocycles. The van der Waals surface area contributed by atoms with Gasteiger partial charge < -0.3 is 4.74 Å². The van der Waals surface area contributed by atoms with E-state index in [1.165, 1.54) is 0 Å². The predicted octanol–water partition coefficient (Wildman–Crippen LogP) is 1.72. The van der Waals surface area contributed by atoms with Crippen molar-refractivity contribution in [2.45, 2.75) is 25.1 Å². The fourth-order valence-electron chi connectivity index (χ4n) is 0.310. The zero-order valence-electron chi connectivity index (χ0n) is 5.69. The Morgan fingerprint density at radius 2 is 2.33 bits per heavy atom. The highest BCUT2D eigenvalue weighted by atomic mass is 79.9. The van der Waals surface area contributed by atoms with Crippen LogP contribution in [0.2, 0.25) is 0 Å². The number of hydrogen-bond acceptors (Lipinski definition) is 2. The first-order valence-electron chi connectivity index (χ1n) is 2.96. The van der Waals surface area contributed by atoms with Crippen LogP contribution >= 0.6 is 15.9 Å². The van der Waals surface area contributed by atoms with Gasteiger partial charge in [-0.25, -0.2) is 0 Å². The van der Waals surface area contributed by atoms with Gasteiger partial charge in [-0.15, -0.1) is 0 Å². The molecule has 0 aromatic heterocycles. The van der Waals surface area contributed by atoms with Crippen molar-refractivity contribution >= 4 is 21.9 Å². The molecule has 9 heavy (non-hydrogen) atoms. The van der Waals surface area contributed by atoms with E-state index in [9.17, 15) is 4.79 Å². The number of esters is 1. The molecule has 0 aliphatic rings. The summed E-state index contributed by atoms with van der Waals surface area (Å²) in [6.07, 6.45) is 0.458. The number of halogens is 1. The summed E-state index contributed by atoms with van der Waals surface area (Å²) < 4.78 is 4.77. The van der Waals surface area contributed by atoms with Crippen molar-refractivity contribution in [3.05, 3.63) is 0 Å². The van der Waals surface area contributed by atoms with Crippen molar-refractivity contribution in [1.29, 1.82) is 0 Å². The lowest BCUT2D eigenvalue weighted by molar-refractivity contribution is -0.143. The average molecular weight is 195 g/mol. The lowest BCUT2D eigenvalue weighted by Crippen LogP contribution is -2.09. The third-order valence-corrected chi connectivity index (χ3v) is 1.03. The van der Waals surface area contributed by atoms with E-state index in [1.807, 2.05) is 6.92 Å². The molecule has 2 nitrogen and oxygen atoms in total. The van der Waals surface area contributed by atoms with Crippen molar-refractivity contribution in [1.82, 2.24) is 0 Å². The maximum atomic E-state index is 10.5. The van der Waals surface area contributed by atoms with Gasteiger partial charge in [0, 0.05) is 11.2 Å². The molecule has 0 aliphatic heterocycles. The molecule has 0 amide bonds. The summed E-state index contributed by atoms with van der Waals surface area (Å²) in [6.45, 7) is 4.18. The Balaban J connectivity index is 3.17. The van der Waals surface area contributed by atoms with Gasteiger partial charge in [0.25, 0.3) is 0 Å². The number of ether oxygens (including phenoxy) is 1. The smallest absolute Gasteiger partial charge is 0.305 e. The van der Waals surface area contributed by atoms with E-state index in [1.54, 1.807) is 6.92 Å². The van der Waals surface area contributed by atoms with Crippen molar-refractivity contribution in [3.8, 4) is 0 Å². The standard InChI is InChI=1S/C6H11BrO2/c1-3-6(8)9-4-5(2)7/h5H,3-4H2,1-2H3. The van der Waals surface area contributed by atoms with Gasteiger partial charge in [-0.3, -0.25) is 4.79 Å². The quantitative estimate of drug-likeness (QED) is 0.506. The Morgan fingerprint density at radius 3 is 2.67 bits per heavy atom. The van der Waals surface area contributed by atoms with Crippen molar-refractivity contribution in [3.63, 3.8) is 0 Å². The summed E-state index contributed by atoms with van der Waals surface area (Å²) in [6, 6.07) is 0. The predicted molar refractivity (Wildman–Crippen MR) is 39.6 cm³/mol. The van der Waals surface area contributed by atoms with Crippen LogP contribution < -0.4 is 0 Å². The van der Waals surface area contributed by atoms with Crippen LogP contribution in [-0.4, -0.2) is 17.4 Å². The second-order valence-electron chi connectivity index (χ2n) is 1.82. The zero-order chi connectivity index (χ0) is 7.28. The molecule has 0 aromatic rings. The summed E-state index contributed by atoms with van der Waals surface area (Å²) in [7, 11) is 0. The molecule has 0 rings (SSSR count). The maximum Gasteiger partial charge on any atom is 0.305 e. The van der Waals surface area contributed by atoms with Crippen LogP contribution in [0.5, 0.6) is 0 Å². The topological polar surface area (TPSA) is 26.3 Å². The molecule has 0 spiro atoms. The Hall–Kier alpha value is -0.0500. The molecule has 54 valence electrons. The second kappa shape index (κ2) is 4.79. The number of alkyl halides is 1. The van der Waals surface area contributed by atoms with Crippen molar-refractivity contribution in [2.75, 3.05) is 6.61 Å². The number of hydrogen-bond donors (Lipinski definition) is 0. The normalized spacial score (nSPS) is 12.8. The first-order chi connectivity index (χ1) is 4.16. The van der Waals surface area contributed by atoms with E-state index < -0.39 is 0 Å². The van der Waals surface area contributed by atoms with E-state index in [0.29, 0.717) is 13.0 Å². The van der Waals surface area contributed by atoms with Gasteiger partial charge in [-0.2, -0.15) is 0 Å². The molecular formula is C6H11BrO2. The molecule has 0 heterocycles. The average Bonchev–Trinajstić information content (AvgIpc) is 1.83. The molecule has 0 saturated heterocycles. The molecule has 0 fully saturated rings. The third-order valence-electron chi connectivity index (χ3n) is 0.763. The second-order valence-corrected chi connectivity index (χ2v) is 3.38. The molecular weight excluding hydrogens is 184 g/mol. The fraction of sp³-hybridized carbons (Fsp3) is 0.833. The number of rotatable bonds is 3. The summed E-state index contributed by atoms with van der Waals surface area (Å²) in [5.41, 5.74) is 0. The van der Waals surface area contributed by atoms with Gasteiger partial charge in [0.1, 0.15) is 6.61 Å². The van der Waals surface area contributed by atoms with Crippen molar-refractivity contribution < 1.29 is 9.53 Å². The minimum absolute atomic E-state index is 0.138. The van der Waals surface area contributed by atoms with Crippen LogP contribution in [-0.2, 0) is 9.53 Å². The highest BCUT2D eigenvalue weighted by Gasteiger charge is 1.99. The van der Waals surface area contributed by atoms with E-state index >= 15 is 0 Å². The van der Waals surface area contributed by atoms with Crippen molar-refractivity contribution in [2.24, 2.45) is 0 Å². The minimum Gasteiger partial charge on any atom is -0.465 e. The van der Waals surface area contributed by atoms with Crippen LogP contribution in [0.1, 0.15) is 20.3 Å². The van der Waals surface area contributed by atoms with E-state index in [4.69, 9.17) is 4.74 Å². The lowest BCUT2D eigenvalue weighted by Gasteiger charge is -2.02. The van der Waals surface area contributed by atoms with E-state index in [-0.39, 0.29) is 10.8 Å². The van der Waals surface area contributed by atoms with Gasteiger partial charge in [0.15, 0.2) is 0 Å². The maximum absolute atomic E-state index is 10.5. The summed E-state index contributed by atoms with van der Waals surface area (Å²) in [4.78, 5) is 10.7. The Morgan fingerprint density at radius 1 is 1.78 bits per heavy atom. The lowest BCUT2D eigenvalue weighted by atomic mass is 10.5. The first-order valence-corrected chi connectivity index (χ1v) is 3.88. The van der Waals surface area contributed by atoms with Crippen LogP contribution in [0.15, 0.2) is 0 Å². The largest absolute Gasteiger partial charge is 0.465 e. The molecule has 0 saturated carbocycles. The zero-order valence-corrected chi connectivity index (χ0v) is 7.27. The van der Waals surface area contributed by atoms with Gasteiger partial charge in [-0.05, 0) is 6.92 Å². The van der Waals surface area contributed by atoms with Crippen LogP contribution in [0, 0.1) is 0 Å². The van der Waals surface area contributed by atoms with E-state index in [2.05, 4.69) is 15.9 Å². The molecule has 1 unspecified atom stereocenters. The Labute approximate surface area is 63.7 Å². The molecule has 0 N–H and O–H groups in total. The number of carbonyl (C=O) groups excluding carboxylic acids is 1. The summed E-state index contributed by atoms with van der Waals surface area (Å²) in [5.74, 6) is -0.138. The number of carbonyl (C=O) groups is 1. The SMILES string of the molecule is CCC(=O)OCC(C)Br. The first kappa shape index (κ1) is 8.95. The Kier molecular flexibility index (Phi) is 4.77. The van der Waals surface area contributed by atoms with Crippen LogP contribution in [0.4, 0.5) is 0 Å². The van der Waals surface area contributed by atoms with E-state index in [0.717, 1.165) is 0 Å². The molecule has 1 atom stereocenters. The third kappa shape index (κ3) is 5.83. The van der Waals surface area contributed by atoms with Gasteiger partial charge in [0.05, 0.1) is 0 Å². The monoisotopic (exact) mass is 194 g/mol.